The molecule has 0 aliphatic heterocycles. The fourth-order valence-corrected chi connectivity index (χ4v) is 5.28. The average Bonchev–Trinajstić information content (AvgIpc) is 2.80. The van der Waals surface area contributed by atoms with Gasteiger partial charge in [-0.05, 0) is 50.3 Å². The predicted molar refractivity (Wildman–Crippen MR) is 96.6 cm³/mol. The van der Waals surface area contributed by atoms with Gasteiger partial charge in [-0.15, -0.1) is 0 Å². The molecule has 128 valence electrons. The van der Waals surface area contributed by atoms with Gasteiger partial charge in [-0.25, -0.2) is 0 Å². The molecule has 1 aromatic carbocycles. The summed E-state index contributed by atoms with van der Waals surface area (Å²) in [6, 6.07) is 10.9. The zero-order valence-corrected chi connectivity index (χ0v) is 15.6. The van der Waals surface area contributed by atoms with Gasteiger partial charge in [0, 0.05) is 18.4 Å². The SMILES string of the molecule is CN(C)CCOC1(Cc2ccccc2)C[C@H]2CC[C@]1(C)C2(C)C. The first-order valence-electron chi connectivity index (χ1n) is 9.13. The Kier molecular flexibility index (Phi) is 4.35. The van der Waals surface area contributed by atoms with Crippen LogP contribution in [0.15, 0.2) is 30.3 Å². The normalized spacial score (nSPS) is 35.1. The van der Waals surface area contributed by atoms with E-state index in [9.17, 15) is 0 Å². The van der Waals surface area contributed by atoms with E-state index in [0.717, 1.165) is 25.5 Å². The highest BCUT2D eigenvalue weighted by molar-refractivity contribution is 5.25. The van der Waals surface area contributed by atoms with Crippen molar-refractivity contribution in [3.05, 3.63) is 35.9 Å². The third-order valence-electron chi connectivity index (χ3n) is 7.27. The summed E-state index contributed by atoms with van der Waals surface area (Å²) in [4.78, 5) is 2.22. The van der Waals surface area contributed by atoms with Crippen molar-refractivity contribution in [3.63, 3.8) is 0 Å². The molecule has 0 heterocycles. The third kappa shape index (κ3) is 2.64. The summed E-state index contributed by atoms with van der Waals surface area (Å²) in [7, 11) is 4.25. The van der Waals surface area contributed by atoms with Crippen LogP contribution in [0.5, 0.6) is 0 Å². The van der Waals surface area contributed by atoms with Crippen LogP contribution >= 0.6 is 0 Å². The van der Waals surface area contributed by atoms with Gasteiger partial charge in [0.05, 0.1) is 12.2 Å². The van der Waals surface area contributed by atoms with E-state index in [4.69, 9.17) is 4.74 Å². The number of likely N-dealkylation sites (N-methyl/N-ethyl adjacent to an activating group) is 1. The summed E-state index contributed by atoms with van der Waals surface area (Å²) in [5, 5.41) is 0. The molecule has 1 aromatic rings. The van der Waals surface area contributed by atoms with Crippen molar-refractivity contribution in [3.8, 4) is 0 Å². The molecule has 2 fully saturated rings. The Morgan fingerprint density at radius 1 is 1.13 bits per heavy atom. The van der Waals surface area contributed by atoms with E-state index < -0.39 is 0 Å². The minimum absolute atomic E-state index is 0.00319. The largest absolute Gasteiger partial charge is 0.373 e. The Morgan fingerprint density at radius 3 is 2.35 bits per heavy atom. The lowest BCUT2D eigenvalue weighted by Gasteiger charge is -2.49. The Morgan fingerprint density at radius 2 is 1.83 bits per heavy atom. The molecule has 0 N–H and O–H groups in total. The van der Waals surface area contributed by atoms with E-state index in [0.29, 0.717) is 5.41 Å². The second kappa shape index (κ2) is 5.89. The molecule has 1 unspecified atom stereocenters. The lowest BCUT2D eigenvalue weighted by atomic mass is 9.62. The molecule has 2 nitrogen and oxygen atoms in total. The van der Waals surface area contributed by atoms with E-state index in [1.165, 1.54) is 24.8 Å². The maximum absolute atomic E-state index is 6.74. The maximum Gasteiger partial charge on any atom is 0.0784 e. The minimum atomic E-state index is -0.00319. The van der Waals surface area contributed by atoms with Gasteiger partial charge in [0.2, 0.25) is 0 Å². The van der Waals surface area contributed by atoms with Crippen molar-refractivity contribution in [2.75, 3.05) is 27.2 Å². The van der Waals surface area contributed by atoms with Crippen LogP contribution in [-0.4, -0.2) is 37.7 Å². The number of fused-ring (bicyclic) bond motifs is 2. The number of rotatable bonds is 6. The Bertz CT molecular complexity index is 538. The number of hydrogen-bond acceptors (Lipinski definition) is 2. The molecule has 3 rings (SSSR count). The van der Waals surface area contributed by atoms with Crippen molar-refractivity contribution >= 4 is 0 Å². The van der Waals surface area contributed by atoms with Crippen molar-refractivity contribution in [1.82, 2.24) is 4.90 Å². The van der Waals surface area contributed by atoms with Crippen molar-refractivity contribution < 1.29 is 4.74 Å². The van der Waals surface area contributed by atoms with Crippen LogP contribution in [0.4, 0.5) is 0 Å². The van der Waals surface area contributed by atoms with E-state index in [-0.39, 0.29) is 11.0 Å². The fraction of sp³-hybridized carbons (Fsp3) is 0.714. The highest BCUT2D eigenvalue weighted by Crippen LogP contribution is 2.71. The molecule has 2 saturated carbocycles. The lowest BCUT2D eigenvalue weighted by molar-refractivity contribution is -0.140. The average molecular weight is 316 g/mol. The van der Waals surface area contributed by atoms with Crippen LogP contribution < -0.4 is 0 Å². The van der Waals surface area contributed by atoms with E-state index in [2.05, 4.69) is 70.1 Å². The molecule has 2 heteroatoms. The second-order valence-electron chi connectivity index (χ2n) is 8.80. The van der Waals surface area contributed by atoms with Gasteiger partial charge in [0.15, 0.2) is 0 Å². The molecule has 2 aliphatic carbocycles. The number of ether oxygens (including phenoxy) is 1. The zero-order chi connectivity index (χ0) is 16.7. The van der Waals surface area contributed by atoms with Gasteiger partial charge in [-0.3, -0.25) is 0 Å². The van der Waals surface area contributed by atoms with Crippen LogP contribution in [0.2, 0.25) is 0 Å². The quantitative estimate of drug-likeness (QED) is 0.772. The fourth-order valence-electron chi connectivity index (χ4n) is 5.28. The van der Waals surface area contributed by atoms with Crippen LogP contribution in [0, 0.1) is 16.7 Å². The van der Waals surface area contributed by atoms with Gasteiger partial charge in [-0.2, -0.15) is 0 Å². The summed E-state index contributed by atoms with van der Waals surface area (Å²) in [5.74, 6) is 0.801. The Balaban J connectivity index is 1.89. The van der Waals surface area contributed by atoms with Crippen LogP contribution in [0.25, 0.3) is 0 Å². The number of benzene rings is 1. The van der Waals surface area contributed by atoms with E-state index in [1.807, 2.05) is 0 Å². The highest BCUT2D eigenvalue weighted by Gasteiger charge is 2.69. The van der Waals surface area contributed by atoms with Crippen LogP contribution in [-0.2, 0) is 11.2 Å². The number of hydrogen-bond donors (Lipinski definition) is 0. The molecule has 0 amide bonds. The maximum atomic E-state index is 6.74. The van der Waals surface area contributed by atoms with Crippen LogP contribution in [0.1, 0.15) is 45.6 Å². The summed E-state index contributed by atoms with van der Waals surface area (Å²) < 4.78 is 6.74. The first kappa shape index (κ1) is 17.0. The van der Waals surface area contributed by atoms with Gasteiger partial charge >= 0.3 is 0 Å². The second-order valence-corrected chi connectivity index (χ2v) is 8.80. The topological polar surface area (TPSA) is 12.5 Å². The van der Waals surface area contributed by atoms with Crippen LogP contribution in [0.3, 0.4) is 0 Å². The summed E-state index contributed by atoms with van der Waals surface area (Å²) >= 11 is 0. The van der Waals surface area contributed by atoms with E-state index >= 15 is 0 Å². The molecule has 0 spiro atoms. The smallest absolute Gasteiger partial charge is 0.0784 e. The number of nitrogens with zero attached hydrogens (tertiary/aromatic N) is 1. The predicted octanol–water partition coefficient (Wildman–Crippen LogP) is 4.39. The molecular formula is C21H33NO. The molecular weight excluding hydrogens is 282 g/mol. The zero-order valence-electron chi connectivity index (χ0n) is 15.6. The highest BCUT2D eigenvalue weighted by atomic mass is 16.5. The summed E-state index contributed by atoms with van der Waals surface area (Å²) in [6.07, 6.45) is 4.95. The van der Waals surface area contributed by atoms with Crippen molar-refractivity contribution in [1.29, 1.82) is 0 Å². The van der Waals surface area contributed by atoms with E-state index in [1.54, 1.807) is 0 Å². The summed E-state index contributed by atoms with van der Waals surface area (Å²) in [5.41, 5.74) is 2.06. The third-order valence-corrected chi connectivity index (χ3v) is 7.27. The van der Waals surface area contributed by atoms with Gasteiger partial charge in [0.25, 0.3) is 0 Å². The lowest BCUT2D eigenvalue weighted by Crippen LogP contribution is -2.51. The molecule has 0 aromatic heterocycles. The monoisotopic (exact) mass is 315 g/mol. The van der Waals surface area contributed by atoms with Crippen molar-refractivity contribution in [2.45, 2.75) is 52.1 Å². The van der Waals surface area contributed by atoms with Crippen molar-refractivity contribution in [2.24, 2.45) is 16.7 Å². The Hall–Kier alpha value is -0.860. The molecule has 2 aliphatic rings. The molecule has 23 heavy (non-hydrogen) atoms. The van der Waals surface area contributed by atoms with Gasteiger partial charge < -0.3 is 9.64 Å². The van der Waals surface area contributed by atoms with Gasteiger partial charge in [-0.1, -0.05) is 51.1 Å². The first-order valence-corrected chi connectivity index (χ1v) is 9.13. The summed E-state index contributed by atoms with van der Waals surface area (Å²) in [6.45, 7) is 9.29. The Labute approximate surface area is 142 Å². The molecule has 0 saturated heterocycles. The molecule has 3 atom stereocenters. The van der Waals surface area contributed by atoms with Gasteiger partial charge in [0.1, 0.15) is 0 Å². The molecule has 0 radical (unpaired) electrons. The minimum Gasteiger partial charge on any atom is -0.373 e. The first-order chi connectivity index (χ1) is 10.8. The molecule has 2 bridgehead atoms. The standard InChI is InChI=1S/C21H33NO/c1-19(2)18-11-12-20(19,3)21(16-18,23-14-13-22(4)5)15-17-9-7-6-8-10-17/h6-10,18H,11-16H2,1-5H3/t18-,20-,21?/m1/s1.